The Balaban J connectivity index is 2.07. The number of urea groups is 1. The summed E-state index contributed by atoms with van der Waals surface area (Å²) in [7, 11) is 0. The molecule has 0 aromatic rings. The Morgan fingerprint density at radius 1 is 1.24 bits per heavy atom. The number of ether oxygens (including phenoxy) is 1. The number of hydrogen-bond donors (Lipinski definition) is 3. The molecule has 1 rings (SSSR count). The number of carboxylic acids is 1. The third-order valence-corrected chi connectivity index (χ3v) is 3.59. The maximum atomic E-state index is 11.4. The van der Waals surface area contributed by atoms with Crippen LogP contribution in [0.3, 0.4) is 0 Å². The van der Waals surface area contributed by atoms with Gasteiger partial charge in [-0.15, -0.1) is 0 Å². The molecular formula is C14H24N2O5. The van der Waals surface area contributed by atoms with Crippen LogP contribution in [-0.2, 0) is 14.3 Å². The summed E-state index contributed by atoms with van der Waals surface area (Å²) in [5, 5.41) is 13.1. The molecule has 3 amide bonds. The van der Waals surface area contributed by atoms with E-state index in [1.807, 2.05) is 0 Å². The van der Waals surface area contributed by atoms with Crippen molar-refractivity contribution in [3.05, 3.63) is 0 Å². The Morgan fingerprint density at radius 3 is 2.67 bits per heavy atom. The van der Waals surface area contributed by atoms with Crippen LogP contribution in [0.5, 0.6) is 0 Å². The van der Waals surface area contributed by atoms with Crippen LogP contribution in [0.25, 0.3) is 0 Å². The highest BCUT2D eigenvalue weighted by molar-refractivity contribution is 5.94. The van der Waals surface area contributed by atoms with E-state index in [9.17, 15) is 14.4 Å². The number of imide groups is 1. The van der Waals surface area contributed by atoms with Crippen molar-refractivity contribution < 1.29 is 24.2 Å². The number of amides is 3. The maximum Gasteiger partial charge on any atom is 0.329 e. The second-order valence-electron chi connectivity index (χ2n) is 5.62. The first-order valence-corrected chi connectivity index (χ1v) is 7.34. The van der Waals surface area contributed by atoms with Gasteiger partial charge in [0.15, 0.2) is 0 Å². The molecule has 0 spiro atoms. The minimum atomic E-state index is -1.16. The summed E-state index contributed by atoms with van der Waals surface area (Å²) in [6, 6.07) is -0.567. The van der Waals surface area contributed by atoms with Crippen molar-refractivity contribution >= 4 is 17.9 Å². The van der Waals surface area contributed by atoms with Gasteiger partial charge in [-0.3, -0.25) is 10.1 Å². The summed E-state index contributed by atoms with van der Waals surface area (Å²) in [6.07, 6.45) is 5.86. The molecule has 7 heteroatoms. The molecule has 0 aromatic carbocycles. The summed E-state index contributed by atoms with van der Waals surface area (Å²) >= 11 is 0. The molecule has 0 radical (unpaired) electrons. The molecule has 1 aliphatic carbocycles. The van der Waals surface area contributed by atoms with Gasteiger partial charge < -0.3 is 15.2 Å². The third kappa shape index (κ3) is 8.29. The van der Waals surface area contributed by atoms with Crippen molar-refractivity contribution in [2.24, 2.45) is 11.8 Å². The number of aliphatic carboxylic acids is 1. The SMILES string of the molecule is CC1CCCC(CCNC(=O)NC(=O)COCC(=O)O)C1. The van der Waals surface area contributed by atoms with Gasteiger partial charge in [0.2, 0.25) is 0 Å². The first-order valence-electron chi connectivity index (χ1n) is 7.34. The standard InChI is InChI=1S/C14H24N2O5/c1-10-3-2-4-11(7-10)5-6-15-14(20)16-12(17)8-21-9-13(18)19/h10-11H,2-9H2,1H3,(H,18,19)(H2,15,16,17,20). The Morgan fingerprint density at radius 2 is 2.00 bits per heavy atom. The van der Waals surface area contributed by atoms with Crippen LogP contribution in [0.4, 0.5) is 4.79 Å². The number of carboxylic acid groups (broad SMARTS) is 1. The number of nitrogens with one attached hydrogen (secondary N) is 2. The molecule has 0 saturated heterocycles. The average molecular weight is 300 g/mol. The van der Waals surface area contributed by atoms with E-state index in [1.165, 1.54) is 25.7 Å². The Kier molecular flexibility index (Phi) is 7.74. The summed E-state index contributed by atoms with van der Waals surface area (Å²) in [6.45, 7) is 1.78. The van der Waals surface area contributed by atoms with Crippen molar-refractivity contribution in [2.45, 2.75) is 39.0 Å². The highest BCUT2D eigenvalue weighted by Crippen LogP contribution is 2.30. The minimum absolute atomic E-state index is 0.445. The van der Waals surface area contributed by atoms with Crippen LogP contribution in [-0.4, -0.2) is 42.8 Å². The Bertz CT molecular complexity index is 372. The Labute approximate surface area is 124 Å². The quantitative estimate of drug-likeness (QED) is 0.653. The van der Waals surface area contributed by atoms with Crippen molar-refractivity contribution in [3.8, 4) is 0 Å². The van der Waals surface area contributed by atoms with Gasteiger partial charge in [-0.2, -0.15) is 0 Å². The first kappa shape index (κ1) is 17.4. The molecule has 3 N–H and O–H groups in total. The zero-order valence-corrected chi connectivity index (χ0v) is 12.4. The molecule has 21 heavy (non-hydrogen) atoms. The van der Waals surface area contributed by atoms with E-state index in [0.717, 1.165) is 12.3 Å². The molecule has 0 bridgehead atoms. The molecule has 0 heterocycles. The molecule has 1 aliphatic rings. The van der Waals surface area contributed by atoms with Gasteiger partial charge in [-0.1, -0.05) is 26.2 Å². The van der Waals surface area contributed by atoms with E-state index in [1.54, 1.807) is 0 Å². The van der Waals surface area contributed by atoms with Crippen molar-refractivity contribution in [1.29, 1.82) is 0 Å². The zero-order chi connectivity index (χ0) is 15.7. The lowest BCUT2D eigenvalue weighted by Gasteiger charge is -2.26. The minimum Gasteiger partial charge on any atom is -0.480 e. The van der Waals surface area contributed by atoms with Gasteiger partial charge in [-0.25, -0.2) is 9.59 Å². The smallest absolute Gasteiger partial charge is 0.329 e. The second kappa shape index (κ2) is 9.33. The van der Waals surface area contributed by atoms with E-state index >= 15 is 0 Å². The van der Waals surface area contributed by atoms with Crippen LogP contribution < -0.4 is 10.6 Å². The molecule has 1 fully saturated rings. The van der Waals surface area contributed by atoms with E-state index < -0.39 is 31.1 Å². The van der Waals surface area contributed by atoms with Crippen LogP contribution >= 0.6 is 0 Å². The lowest BCUT2D eigenvalue weighted by atomic mass is 9.81. The van der Waals surface area contributed by atoms with Crippen LogP contribution in [0.1, 0.15) is 39.0 Å². The van der Waals surface area contributed by atoms with Crippen LogP contribution in [0.15, 0.2) is 0 Å². The maximum absolute atomic E-state index is 11.4. The number of carbonyl (C=O) groups excluding carboxylic acids is 2. The van der Waals surface area contributed by atoms with E-state index in [-0.39, 0.29) is 0 Å². The number of hydrogen-bond acceptors (Lipinski definition) is 4. The van der Waals surface area contributed by atoms with Crippen molar-refractivity contribution in [1.82, 2.24) is 10.6 Å². The molecule has 2 atom stereocenters. The van der Waals surface area contributed by atoms with Gasteiger partial charge in [-0.05, 0) is 24.7 Å². The average Bonchev–Trinajstić information content (AvgIpc) is 2.38. The highest BCUT2D eigenvalue weighted by Gasteiger charge is 2.18. The highest BCUT2D eigenvalue weighted by atomic mass is 16.5. The third-order valence-electron chi connectivity index (χ3n) is 3.59. The Hall–Kier alpha value is -1.63. The summed E-state index contributed by atoms with van der Waals surface area (Å²) < 4.78 is 4.58. The van der Waals surface area contributed by atoms with E-state index in [2.05, 4.69) is 22.3 Å². The topological polar surface area (TPSA) is 105 Å². The van der Waals surface area contributed by atoms with Crippen LogP contribution in [0, 0.1) is 11.8 Å². The lowest BCUT2D eigenvalue weighted by molar-refractivity contribution is -0.143. The fourth-order valence-electron chi connectivity index (χ4n) is 2.65. The van der Waals surface area contributed by atoms with Gasteiger partial charge in [0.05, 0.1) is 0 Å². The number of carbonyl (C=O) groups is 3. The van der Waals surface area contributed by atoms with Gasteiger partial charge in [0.1, 0.15) is 13.2 Å². The fraction of sp³-hybridized carbons (Fsp3) is 0.786. The molecular weight excluding hydrogens is 276 g/mol. The molecule has 2 unspecified atom stereocenters. The van der Waals surface area contributed by atoms with E-state index in [4.69, 9.17) is 5.11 Å². The lowest BCUT2D eigenvalue weighted by Crippen LogP contribution is -2.42. The molecule has 0 aromatic heterocycles. The summed E-state index contributed by atoms with van der Waals surface area (Å²) in [5.74, 6) is -0.414. The monoisotopic (exact) mass is 300 g/mol. The molecule has 120 valence electrons. The van der Waals surface area contributed by atoms with Gasteiger partial charge >= 0.3 is 12.0 Å². The predicted octanol–water partition coefficient (Wildman–Crippen LogP) is 1.13. The van der Waals surface area contributed by atoms with Crippen molar-refractivity contribution in [3.63, 3.8) is 0 Å². The summed E-state index contributed by atoms with van der Waals surface area (Å²) in [5.41, 5.74) is 0. The largest absolute Gasteiger partial charge is 0.480 e. The molecule has 1 saturated carbocycles. The molecule has 7 nitrogen and oxygen atoms in total. The summed E-state index contributed by atoms with van der Waals surface area (Å²) in [4.78, 5) is 32.9. The first-order chi connectivity index (χ1) is 9.97. The number of rotatable bonds is 7. The van der Waals surface area contributed by atoms with E-state index in [0.29, 0.717) is 12.5 Å². The molecule has 0 aliphatic heterocycles. The normalized spacial score (nSPS) is 21.6. The van der Waals surface area contributed by atoms with Crippen LogP contribution in [0.2, 0.25) is 0 Å². The predicted molar refractivity (Wildman–Crippen MR) is 75.7 cm³/mol. The zero-order valence-electron chi connectivity index (χ0n) is 12.4. The van der Waals surface area contributed by atoms with Crippen molar-refractivity contribution in [2.75, 3.05) is 19.8 Å². The van der Waals surface area contributed by atoms with Gasteiger partial charge in [0.25, 0.3) is 5.91 Å². The fourth-order valence-corrected chi connectivity index (χ4v) is 2.65. The second-order valence-corrected chi connectivity index (χ2v) is 5.62. The van der Waals surface area contributed by atoms with Gasteiger partial charge in [0, 0.05) is 6.54 Å².